The number of carbonyl (C=O) groups is 4. The van der Waals surface area contributed by atoms with Gasteiger partial charge in [-0.1, -0.05) is 6.07 Å². The lowest BCUT2D eigenvalue weighted by Crippen LogP contribution is -2.42. The molecular weight excluding hydrogens is 408 g/mol. The van der Waals surface area contributed by atoms with Crippen LogP contribution in [0.3, 0.4) is 0 Å². The van der Waals surface area contributed by atoms with E-state index in [1.54, 1.807) is 32.9 Å². The van der Waals surface area contributed by atoms with E-state index in [0.29, 0.717) is 5.56 Å². The van der Waals surface area contributed by atoms with Gasteiger partial charge in [-0.25, -0.2) is 15.0 Å². The fourth-order valence-electron chi connectivity index (χ4n) is 3.19. The van der Waals surface area contributed by atoms with Gasteiger partial charge in [-0.05, 0) is 38.0 Å². The highest BCUT2D eigenvalue weighted by Crippen LogP contribution is 2.27. The van der Waals surface area contributed by atoms with E-state index < -0.39 is 23.9 Å². The van der Waals surface area contributed by atoms with Crippen LogP contribution in [0.4, 0.5) is 10.5 Å². The highest BCUT2D eigenvalue weighted by atomic mass is 16.6. The van der Waals surface area contributed by atoms with Gasteiger partial charge in [0.25, 0.3) is 11.8 Å². The number of carbonyl (C=O) groups excluding carboxylic acids is 4. The molecular formula is C20H26N4O7. The number of esters is 1. The maximum Gasteiger partial charge on any atom is 0.426 e. The standard InChI is InChI=1S/C20H26N4O7/c1-5-31-20(29)23-22-17(26)15-12(3)8-11(2)9-14(15)21-16-13(19(28)30-4)10-24(6-7-25)18(16)27/h8-9,21,25H,5-7,10H2,1-4H3,(H,22,26)(H,23,29). The molecule has 1 aliphatic heterocycles. The van der Waals surface area contributed by atoms with Gasteiger partial charge >= 0.3 is 12.1 Å². The monoisotopic (exact) mass is 434 g/mol. The summed E-state index contributed by atoms with van der Waals surface area (Å²) in [6.07, 6.45) is -0.823. The summed E-state index contributed by atoms with van der Waals surface area (Å²) in [6, 6.07) is 3.39. The third-order valence-electron chi connectivity index (χ3n) is 4.47. The maximum absolute atomic E-state index is 12.8. The van der Waals surface area contributed by atoms with E-state index in [2.05, 4.69) is 16.2 Å². The zero-order chi connectivity index (χ0) is 23.1. The van der Waals surface area contributed by atoms with Gasteiger partial charge in [0.15, 0.2) is 0 Å². The number of hydrogen-bond donors (Lipinski definition) is 4. The Morgan fingerprint density at radius 3 is 2.52 bits per heavy atom. The molecule has 4 N–H and O–H groups in total. The third-order valence-corrected chi connectivity index (χ3v) is 4.47. The summed E-state index contributed by atoms with van der Waals surface area (Å²) in [4.78, 5) is 50.5. The molecule has 0 saturated heterocycles. The van der Waals surface area contributed by atoms with Crippen molar-refractivity contribution in [1.29, 1.82) is 0 Å². The second-order valence-corrected chi connectivity index (χ2v) is 6.72. The van der Waals surface area contributed by atoms with Gasteiger partial charge < -0.3 is 24.8 Å². The van der Waals surface area contributed by atoms with Crippen molar-refractivity contribution in [1.82, 2.24) is 15.8 Å². The van der Waals surface area contributed by atoms with Crippen molar-refractivity contribution in [2.75, 3.05) is 38.7 Å². The molecule has 31 heavy (non-hydrogen) atoms. The average molecular weight is 434 g/mol. The van der Waals surface area contributed by atoms with Crippen LogP contribution >= 0.6 is 0 Å². The van der Waals surface area contributed by atoms with Gasteiger partial charge in [-0.3, -0.25) is 15.0 Å². The second-order valence-electron chi connectivity index (χ2n) is 6.72. The number of aryl methyl sites for hydroxylation is 2. The number of β-amino-alcohol motifs (C(OH)–C–C–N with tert-alkyl or cyclic N) is 1. The summed E-state index contributed by atoms with van der Waals surface area (Å²) in [5, 5.41) is 12.1. The number of hydrazine groups is 1. The minimum Gasteiger partial charge on any atom is -0.466 e. The minimum absolute atomic E-state index is 0.0359. The number of methoxy groups -OCH3 is 1. The van der Waals surface area contributed by atoms with Crippen molar-refractivity contribution in [3.05, 3.63) is 40.1 Å². The van der Waals surface area contributed by atoms with Gasteiger partial charge in [0.2, 0.25) is 0 Å². The molecule has 0 aliphatic carbocycles. The molecule has 11 nitrogen and oxygen atoms in total. The van der Waals surface area contributed by atoms with Crippen LogP contribution < -0.4 is 16.2 Å². The van der Waals surface area contributed by atoms with E-state index in [-0.39, 0.29) is 48.8 Å². The lowest BCUT2D eigenvalue weighted by Gasteiger charge is -2.18. The molecule has 11 heteroatoms. The molecule has 1 aromatic rings. The van der Waals surface area contributed by atoms with E-state index >= 15 is 0 Å². The van der Waals surface area contributed by atoms with Crippen LogP contribution in [-0.4, -0.2) is 67.3 Å². The fraction of sp³-hybridized carbons (Fsp3) is 0.400. The maximum atomic E-state index is 12.8. The van der Waals surface area contributed by atoms with Crippen LogP contribution in [0.5, 0.6) is 0 Å². The average Bonchev–Trinajstić information content (AvgIpc) is 3.01. The molecule has 0 atom stereocenters. The van der Waals surface area contributed by atoms with Gasteiger partial charge in [-0.2, -0.15) is 0 Å². The first-order valence-corrected chi connectivity index (χ1v) is 9.56. The lowest BCUT2D eigenvalue weighted by atomic mass is 10.0. The number of hydrogen-bond acceptors (Lipinski definition) is 8. The Morgan fingerprint density at radius 2 is 1.90 bits per heavy atom. The Labute approximate surface area is 179 Å². The van der Waals surface area contributed by atoms with E-state index in [1.807, 2.05) is 0 Å². The van der Waals surface area contributed by atoms with Crippen LogP contribution in [0.25, 0.3) is 0 Å². The first-order valence-electron chi connectivity index (χ1n) is 9.56. The fourth-order valence-corrected chi connectivity index (χ4v) is 3.19. The molecule has 1 heterocycles. The first-order chi connectivity index (χ1) is 14.7. The Balaban J connectivity index is 2.41. The topological polar surface area (TPSA) is 146 Å². The molecule has 2 rings (SSSR count). The number of benzene rings is 1. The van der Waals surface area contributed by atoms with Crippen LogP contribution in [0.2, 0.25) is 0 Å². The number of ether oxygens (including phenoxy) is 2. The van der Waals surface area contributed by atoms with Crippen molar-refractivity contribution in [3.63, 3.8) is 0 Å². The molecule has 0 aromatic heterocycles. The van der Waals surface area contributed by atoms with Gasteiger partial charge in [0.1, 0.15) is 5.70 Å². The zero-order valence-electron chi connectivity index (χ0n) is 17.8. The largest absolute Gasteiger partial charge is 0.466 e. The Bertz CT molecular complexity index is 926. The predicted molar refractivity (Wildman–Crippen MR) is 110 cm³/mol. The van der Waals surface area contributed by atoms with Crippen molar-refractivity contribution >= 4 is 29.6 Å². The van der Waals surface area contributed by atoms with E-state index in [9.17, 15) is 24.3 Å². The SMILES string of the molecule is CCOC(=O)NNC(=O)c1c(C)cc(C)cc1NC1=C(C(=O)OC)CN(CCO)C1=O. The van der Waals surface area contributed by atoms with Crippen LogP contribution in [-0.2, 0) is 19.1 Å². The number of nitrogens with zero attached hydrogens (tertiary/aromatic N) is 1. The highest BCUT2D eigenvalue weighted by Gasteiger charge is 2.35. The second kappa shape index (κ2) is 10.4. The van der Waals surface area contributed by atoms with Crippen molar-refractivity contribution in [2.24, 2.45) is 0 Å². The summed E-state index contributed by atoms with van der Waals surface area (Å²) in [6.45, 7) is 4.99. The number of nitrogens with one attached hydrogen (secondary N) is 3. The van der Waals surface area contributed by atoms with Gasteiger partial charge in [0.05, 0.1) is 43.7 Å². The zero-order valence-corrected chi connectivity index (χ0v) is 17.8. The molecule has 0 unspecified atom stereocenters. The summed E-state index contributed by atoms with van der Waals surface area (Å²) < 4.78 is 9.48. The molecule has 3 amide bonds. The highest BCUT2D eigenvalue weighted by molar-refractivity contribution is 6.10. The number of rotatable bonds is 7. The molecule has 0 spiro atoms. The molecule has 0 saturated carbocycles. The molecule has 1 aromatic carbocycles. The van der Waals surface area contributed by atoms with Crippen molar-refractivity contribution in [2.45, 2.75) is 20.8 Å². The minimum atomic E-state index is -0.823. The number of aliphatic hydroxyl groups excluding tert-OH is 1. The van der Waals surface area contributed by atoms with E-state index in [1.165, 1.54) is 12.0 Å². The summed E-state index contributed by atoms with van der Waals surface area (Å²) in [7, 11) is 1.20. The smallest absolute Gasteiger partial charge is 0.426 e. The first kappa shape index (κ1) is 23.7. The van der Waals surface area contributed by atoms with Crippen molar-refractivity contribution in [3.8, 4) is 0 Å². The number of aliphatic hydroxyl groups is 1. The molecule has 1 aliphatic rings. The van der Waals surface area contributed by atoms with Crippen molar-refractivity contribution < 1.29 is 33.8 Å². The Hall–Kier alpha value is -3.60. The molecule has 0 fully saturated rings. The normalized spacial score (nSPS) is 13.2. The molecule has 168 valence electrons. The van der Waals surface area contributed by atoms with E-state index in [0.717, 1.165) is 5.56 Å². The molecule has 0 radical (unpaired) electrons. The van der Waals surface area contributed by atoms with Crippen LogP contribution in [0.15, 0.2) is 23.4 Å². The summed E-state index contributed by atoms with van der Waals surface area (Å²) in [5.41, 5.74) is 6.22. The van der Waals surface area contributed by atoms with Gasteiger partial charge in [0, 0.05) is 6.54 Å². The Morgan fingerprint density at radius 1 is 1.19 bits per heavy atom. The summed E-state index contributed by atoms with van der Waals surface area (Å²) in [5.74, 6) is -1.86. The lowest BCUT2D eigenvalue weighted by molar-refractivity contribution is -0.136. The Kier molecular flexibility index (Phi) is 7.97. The van der Waals surface area contributed by atoms with Crippen LogP contribution in [0.1, 0.15) is 28.4 Å². The number of amides is 3. The number of anilines is 1. The predicted octanol–water partition coefficient (Wildman–Crippen LogP) is 0.368. The van der Waals surface area contributed by atoms with Crippen LogP contribution in [0, 0.1) is 13.8 Å². The van der Waals surface area contributed by atoms with E-state index in [4.69, 9.17) is 9.47 Å². The van der Waals surface area contributed by atoms with Gasteiger partial charge in [-0.15, -0.1) is 0 Å². The third kappa shape index (κ3) is 5.51. The quantitative estimate of drug-likeness (QED) is 0.356. The molecule has 0 bridgehead atoms. The summed E-state index contributed by atoms with van der Waals surface area (Å²) >= 11 is 0.